The number of halogens is 2. The molecule has 1 aromatic carbocycles. The zero-order chi connectivity index (χ0) is 13.5. The molecular weight excluding hydrogens is 260 g/mol. The van der Waals surface area contributed by atoms with E-state index in [1.54, 1.807) is 12.1 Å². The summed E-state index contributed by atoms with van der Waals surface area (Å²) in [7, 11) is 4.79. The van der Waals surface area contributed by atoms with Crippen LogP contribution in [0.3, 0.4) is 0 Å². The van der Waals surface area contributed by atoms with E-state index in [1.165, 1.54) is 14.2 Å². The number of thioether (sulfide) groups is 1. The molecule has 0 unspecified atom stereocenters. The number of hydrogen-bond donors (Lipinski definition) is 1. The average Bonchev–Trinajstić information content (AvgIpc) is 2.36. The van der Waals surface area contributed by atoms with E-state index < -0.39 is 5.76 Å². The lowest BCUT2D eigenvalue weighted by molar-refractivity contribution is 0.251. The van der Waals surface area contributed by atoms with Crippen LogP contribution in [-0.2, 0) is 6.42 Å². The van der Waals surface area contributed by atoms with Crippen LogP contribution in [0.1, 0.15) is 5.56 Å². The van der Waals surface area contributed by atoms with E-state index in [-0.39, 0.29) is 0 Å². The Morgan fingerprint density at radius 2 is 1.78 bits per heavy atom. The monoisotopic (exact) mass is 277 g/mol. The van der Waals surface area contributed by atoms with Crippen molar-refractivity contribution in [2.24, 2.45) is 0 Å². The predicted octanol–water partition coefficient (Wildman–Crippen LogP) is 2.78. The highest BCUT2D eigenvalue weighted by molar-refractivity contribution is 7.99. The second-order valence-corrected chi connectivity index (χ2v) is 4.56. The molecule has 3 nitrogen and oxygen atoms in total. The fourth-order valence-corrected chi connectivity index (χ4v) is 2.25. The maximum Gasteiger partial charge on any atom is 0.289 e. The molecule has 0 aromatic heterocycles. The molecule has 0 spiro atoms. The number of ether oxygens (including phenoxy) is 2. The van der Waals surface area contributed by atoms with Gasteiger partial charge in [0.2, 0.25) is 0 Å². The Balaban J connectivity index is 3.08. The summed E-state index contributed by atoms with van der Waals surface area (Å²) in [6.45, 7) is 0.799. The Hall–Kier alpha value is -1.01. The van der Waals surface area contributed by atoms with Gasteiger partial charge in [-0.25, -0.2) is 0 Å². The summed E-state index contributed by atoms with van der Waals surface area (Å²) in [6.07, 6.45) is 0.781. The fourth-order valence-electron chi connectivity index (χ4n) is 1.55. The summed E-state index contributed by atoms with van der Waals surface area (Å²) in [6, 6.07) is 3.54. The molecule has 1 N–H and O–H groups in total. The van der Waals surface area contributed by atoms with Crippen LogP contribution < -0.4 is 14.8 Å². The number of nitrogens with one attached hydrogen (secondary N) is 1. The third-order valence-electron chi connectivity index (χ3n) is 2.39. The number of hydrogen-bond acceptors (Lipinski definition) is 4. The van der Waals surface area contributed by atoms with E-state index in [0.717, 1.165) is 18.5 Å². The highest BCUT2D eigenvalue weighted by atomic mass is 32.2. The van der Waals surface area contributed by atoms with Crippen LogP contribution in [0.5, 0.6) is 11.5 Å². The molecule has 0 amide bonds. The summed E-state index contributed by atoms with van der Waals surface area (Å²) in [4.78, 5) is 0.336. The molecule has 0 fully saturated rings. The molecule has 6 heteroatoms. The van der Waals surface area contributed by atoms with Crippen molar-refractivity contribution < 1.29 is 18.3 Å². The Bertz CT molecular complexity index is 363. The summed E-state index contributed by atoms with van der Waals surface area (Å²) in [5, 5.41) is 3.03. The highest BCUT2D eigenvalue weighted by Gasteiger charge is 2.17. The van der Waals surface area contributed by atoms with Gasteiger partial charge in [0.15, 0.2) is 0 Å². The van der Waals surface area contributed by atoms with Gasteiger partial charge in [0.1, 0.15) is 11.5 Å². The van der Waals surface area contributed by atoms with Crippen molar-refractivity contribution in [1.29, 1.82) is 0 Å². The Labute approximate surface area is 110 Å². The van der Waals surface area contributed by atoms with Crippen molar-refractivity contribution in [3.8, 4) is 11.5 Å². The fraction of sp³-hybridized carbons (Fsp3) is 0.500. The van der Waals surface area contributed by atoms with Crippen LogP contribution in [0.15, 0.2) is 17.0 Å². The quantitative estimate of drug-likeness (QED) is 0.776. The van der Waals surface area contributed by atoms with Gasteiger partial charge in [0.25, 0.3) is 5.76 Å². The van der Waals surface area contributed by atoms with Gasteiger partial charge in [-0.05, 0) is 49.5 Å². The third-order valence-corrected chi connectivity index (χ3v) is 3.21. The molecule has 0 saturated carbocycles. The maximum absolute atomic E-state index is 12.5. The molecule has 0 saturated heterocycles. The van der Waals surface area contributed by atoms with Crippen molar-refractivity contribution in [1.82, 2.24) is 5.32 Å². The first-order valence-electron chi connectivity index (χ1n) is 5.46. The molecule has 0 aliphatic heterocycles. The summed E-state index contributed by atoms with van der Waals surface area (Å²) >= 11 is 0.434. The normalized spacial score (nSPS) is 10.8. The van der Waals surface area contributed by atoms with E-state index in [2.05, 4.69) is 5.32 Å². The highest BCUT2D eigenvalue weighted by Crippen LogP contribution is 2.41. The van der Waals surface area contributed by atoms with E-state index in [4.69, 9.17) is 9.47 Å². The number of rotatable bonds is 7. The van der Waals surface area contributed by atoms with Crippen LogP contribution in [0.4, 0.5) is 8.78 Å². The van der Waals surface area contributed by atoms with Crippen LogP contribution in [0.2, 0.25) is 0 Å². The summed E-state index contributed by atoms with van der Waals surface area (Å²) in [5.74, 6) is -1.66. The third kappa shape index (κ3) is 4.03. The van der Waals surface area contributed by atoms with Gasteiger partial charge in [-0.3, -0.25) is 0 Å². The van der Waals surface area contributed by atoms with Gasteiger partial charge in [-0.1, -0.05) is 0 Å². The molecule has 18 heavy (non-hydrogen) atoms. The van der Waals surface area contributed by atoms with Gasteiger partial charge < -0.3 is 14.8 Å². The molecule has 0 radical (unpaired) electrons. The molecule has 0 aliphatic carbocycles. The van der Waals surface area contributed by atoms with Gasteiger partial charge >= 0.3 is 0 Å². The van der Waals surface area contributed by atoms with Crippen LogP contribution in [-0.4, -0.2) is 33.6 Å². The zero-order valence-electron chi connectivity index (χ0n) is 10.6. The minimum absolute atomic E-state index is 0.336. The van der Waals surface area contributed by atoms with Gasteiger partial charge in [-0.2, -0.15) is 8.78 Å². The molecular formula is C12H17F2NO2S. The second kappa shape index (κ2) is 7.43. The molecule has 0 aliphatic rings. The molecule has 1 rings (SSSR count). The van der Waals surface area contributed by atoms with Crippen LogP contribution >= 0.6 is 11.8 Å². The molecule has 0 bridgehead atoms. The zero-order valence-corrected chi connectivity index (χ0v) is 11.4. The van der Waals surface area contributed by atoms with Gasteiger partial charge in [-0.15, -0.1) is 0 Å². The van der Waals surface area contributed by atoms with E-state index in [0.29, 0.717) is 28.2 Å². The SMILES string of the molecule is CNCCc1cc(OC)c(SC(F)F)c(OC)c1. The standard InChI is InChI=1S/C12H17F2NO2S/c1-15-5-4-8-6-9(16-2)11(18-12(13)14)10(7-8)17-3/h6-7,12,15H,4-5H2,1-3H3. The lowest BCUT2D eigenvalue weighted by atomic mass is 10.1. The average molecular weight is 277 g/mol. The number of alkyl halides is 2. The summed E-state index contributed by atoms with van der Waals surface area (Å²) < 4.78 is 35.3. The van der Waals surface area contributed by atoms with E-state index in [1.807, 2.05) is 7.05 Å². The molecule has 1 aromatic rings. The Morgan fingerprint density at radius 1 is 1.22 bits per heavy atom. The van der Waals surface area contributed by atoms with E-state index in [9.17, 15) is 8.78 Å². The van der Waals surface area contributed by atoms with E-state index >= 15 is 0 Å². The Morgan fingerprint density at radius 3 is 2.17 bits per heavy atom. The van der Waals surface area contributed by atoms with Crippen LogP contribution in [0.25, 0.3) is 0 Å². The van der Waals surface area contributed by atoms with Crippen molar-refractivity contribution in [3.05, 3.63) is 17.7 Å². The first-order valence-corrected chi connectivity index (χ1v) is 6.34. The van der Waals surface area contributed by atoms with Crippen molar-refractivity contribution in [2.75, 3.05) is 27.8 Å². The van der Waals surface area contributed by atoms with Crippen molar-refractivity contribution >= 4 is 11.8 Å². The van der Waals surface area contributed by atoms with Crippen molar-refractivity contribution in [2.45, 2.75) is 17.1 Å². The largest absolute Gasteiger partial charge is 0.495 e. The predicted molar refractivity (Wildman–Crippen MR) is 69.0 cm³/mol. The van der Waals surface area contributed by atoms with Crippen molar-refractivity contribution in [3.63, 3.8) is 0 Å². The number of methoxy groups -OCH3 is 2. The lowest BCUT2D eigenvalue weighted by Crippen LogP contribution is -2.10. The molecule has 102 valence electrons. The minimum Gasteiger partial charge on any atom is -0.495 e. The smallest absolute Gasteiger partial charge is 0.289 e. The molecule has 0 heterocycles. The lowest BCUT2D eigenvalue weighted by Gasteiger charge is -2.14. The first kappa shape index (κ1) is 15.0. The first-order chi connectivity index (χ1) is 8.62. The number of benzene rings is 1. The van der Waals surface area contributed by atoms with Gasteiger partial charge in [0, 0.05) is 0 Å². The van der Waals surface area contributed by atoms with Crippen LogP contribution in [0, 0.1) is 0 Å². The topological polar surface area (TPSA) is 30.5 Å². The Kier molecular flexibility index (Phi) is 6.21. The summed E-state index contributed by atoms with van der Waals surface area (Å²) in [5.41, 5.74) is 0.983. The maximum atomic E-state index is 12.5. The molecule has 0 atom stereocenters. The second-order valence-electron chi connectivity index (χ2n) is 3.56. The minimum atomic E-state index is -2.50. The number of likely N-dealkylation sites (N-methyl/N-ethyl adjacent to an activating group) is 1. The van der Waals surface area contributed by atoms with Gasteiger partial charge in [0.05, 0.1) is 19.1 Å².